The Bertz CT molecular complexity index is 505. The number of benzene rings is 1. The van der Waals surface area contributed by atoms with E-state index in [2.05, 4.69) is 16.7 Å². The fourth-order valence-electron chi connectivity index (χ4n) is 3.02. The average molecular weight is 303 g/mol. The quantitative estimate of drug-likeness (QED) is 0.783. The van der Waals surface area contributed by atoms with Crippen LogP contribution in [0, 0.1) is 12.8 Å². The summed E-state index contributed by atoms with van der Waals surface area (Å²) in [5.74, 6) is 0.679. The number of hydrogen-bond donors (Lipinski definition) is 3. The van der Waals surface area contributed by atoms with E-state index in [9.17, 15) is 4.79 Å². The van der Waals surface area contributed by atoms with Gasteiger partial charge in [0.05, 0.1) is 0 Å². The first kappa shape index (κ1) is 16.8. The minimum atomic E-state index is -0.00890. The Morgan fingerprint density at radius 3 is 2.55 bits per heavy atom. The maximum atomic E-state index is 12.1. The normalized spacial score (nSPS) is 21.7. The highest BCUT2D eigenvalue weighted by atomic mass is 16.1. The second-order valence-electron chi connectivity index (χ2n) is 6.88. The van der Waals surface area contributed by atoms with Crippen LogP contribution < -0.4 is 16.4 Å². The van der Waals surface area contributed by atoms with Gasteiger partial charge in [0.25, 0.3) is 5.91 Å². The number of carbonyl (C=O) groups excluding carboxylic acids is 1. The molecular weight excluding hydrogens is 274 g/mol. The number of rotatable bonds is 5. The van der Waals surface area contributed by atoms with E-state index in [-0.39, 0.29) is 11.9 Å². The van der Waals surface area contributed by atoms with Crippen molar-refractivity contribution >= 4 is 11.6 Å². The van der Waals surface area contributed by atoms with E-state index in [0.29, 0.717) is 12.0 Å². The molecule has 122 valence electrons. The van der Waals surface area contributed by atoms with Gasteiger partial charge in [-0.1, -0.05) is 0 Å². The number of nitrogens with two attached hydrogens (primary N) is 1. The standard InChI is InChI=1S/C18H29N3O/c1-12(2)21-18(22)15-8-13(3)9-17(10-15)20-11-14-4-6-16(19)7-5-14/h8-10,12,14,16,20H,4-7,11,19H2,1-3H3,(H,21,22)/t14-,16-. The molecule has 0 saturated heterocycles. The molecule has 0 heterocycles. The zero-order valence-corrected chi connectivity index (χ0v) is 14.0. The molecule has 0 unspecified atom stereocenters. The van der Waals surface area contributed by atoms with Gasteiger partial charge in [0.15, 0.2) is 0 Å². The molecule has 1 amide bonds. The van der Waals surface area contributed by atoms with Gasteiger partial charge in [0.2, 0.25) is 0 Å². The zero-order valence-electron chi connectivity index (χ0n) is 14.0. The van der Waals surface area contributed by atoms with Gasteiger partial charge in [0, 0.05) is 29.9 Å². The SMILES string of the molecule is Cc1cc(NC[C@H]2CC[C@H](N)CC2)cc(C(=O)NC(C)C)c1. The Morgan fingerprint density at radius 2 is 1.91 bits per heavy atom. The van der Waals surface area contributed by atoms with Crippen LogP contribution in [0.15, 0.2) is 18.2 Å². The lowest BCUT2D eigenvalue weighted by molar-refractivity contribution is 0.0943. The van der Waals surface area contributed by atoms with Gasteiger partial charge in [-0.2, -0.15) is 0 Å². The molecule has 1 fully saturated rings. The van der Waals surface area contributed by atoms with Crippen molar-refractivity contribution in [2.24, 2.45) is 11.7 Å². The fraction of sp³-hybridized carbons (Fsp3) is 0.611. The van der Waals surface area contributed by atoms with E-state index in [1.54, 1.807) is 0 Å². The van der Waals surface area contributed by atoms with E-state index in [0.717, 1.165) is 36.2 Å². The summed E-state index contributed by atoms with van der Waals surface area (Å²) in [7, 11) is 0. The largest absolute Gasteiger partial charge is 0.385 e. The molecule has 1 aliphatic carbocycles. The Balaban J connectivity index is 1.96. The molecule has 0 aromatic heterocycles. The number of amides is 1. The summed E-state index contributed by atoms with van der Waals surface area (Å²) >= 11 is 0. The minimum absolute atomic E-state index is 0.00890. The van der Waals surface area contributed by atoms with Crippen LogP contribution in [-0.4, -0.2) is 24.5 Å². The van der Waals surface area contributed by atoms with Crippen molar-refractivity contribution in [1.29, 1.82) is 0 Å². The Hall–Kier alpha value is -1.55. The van der Waals surface area contributed by atoms with Crippen LogP contribution in [-0.2, 0) is 0 Å². The van der Waals surface area contributed by atoms with E-state index in [4.69, 9.17) is 5.73 Å². The first-order chi connectivity index (χ1) is 10.4. The third kappa shape index (κ3) is 5.02. The first-order valence-corrected chi connectivity index (χ1v) is 8.36. The summed E-state index contributed by atoms with van der Waals surface area (Å²) in [6, 6.07) is 6.51. The summed E-state index contributed by atoms with van der Waals surface area (Å²) in [6.07, 6.45) is 4.64. The molecule has 22 heavy (non-hydrogen) atoms. The molecule has 1 saturated carbocycles. The zero-order chi connectivity index (χ0) is 16.1. The highest BCUT2D eigenvalue weighted by molar-refractivity contribution is 5.95. The third-order valence-corrected chi connectivity index (χ3v) is 4.25. The lowest BCUT2D eigenvalue weighted by atomic mass is 9.86. The topological polar surface area (TPSA) is 67.1 Å². The van der Waals surface area contributed by atoms with Crippen LogP contribution >= 0.6 is 0 Å². The van der Waals surface area contributed by atoms with Crippen molar-refractivity contribution in [2.75, 3.05) is 11.9 Å². The average Bonchev–Trinajstić information content (AvgIpc) is 2.45. The maximum absolute atomic E-state index is 12.1. The summed E-state index contributed by atoms with van der Waals surface area (Å²) in [6.45, 7) is 6.93. The lowest BCUT2D eigenvalue weighted by Gasteiger charge is -2.26. The number of nitrogens with one attached hydrogen (secondary N) is 2. The molecule has 0 atom stereocenters. The maximum Gasteiger partial charge on any atom is 0.251 e. The highest BCUT2D eigenvalue weighted by Crippen LogP contribution is 2.24. The van der Waals surface area contributed by atoms with Crippen molar-refractivity contribution < 1.29 is 4.79 Å². The molecule has 0 bridgehead atoms. The van der Waals surface area contributed by atoms with E-state index >= 15 is 0 Å². The minimum Gasteiger partial charge on any atom is -0.385 e. The summed E-state index contributed by atoms with van der Waals surface area (Å²) in [4.78, 5) is 12.1. The highest BCUT2D eigenvalue weighted by Gasteiger charge is 2.18. The molecule has 4 N–H and O–H groups in total. The van der Waals surface area contributed by atoms with E-state index in [1.165, 1.54) is 12.8 Å². The predicted octanol–water partition coefficient (Wildman–Crippen LogP) is 3.06. The van der Waals surface area contributed by atoms with Crippen LogP contribution in [0.2, 0.25) is 0 Å². The monoisotopic (exact) mass is 303 g/mol. The molecule has 0 aliphatic heterocycles. The van der Waals surface area contributed by atoms with Crippen molar-refractivity contribution in [1.82, 2.24) is 5.32 Å². The van der Waals surface area contributed by atoms with Crippen molar-refractivity contribution in [3.05, 3.63) is 29.3 Å². The van der Waals surface area contributed by atoms with Crippen molar-refractivity contribution in [3.8, 4) is 0 Å². The molecule has 2 rings (SSSR count). The summed E-state index contributed by atoms with van der Waals surface area (Å²) in [5, 5.41) is 6.44. The van der Waals surface area contributed by atoms with Crippen LogP contribution in [0.3, 0.4) is 0 Å². The summed E-state index contributed by atoms with van der Waals surface area (Å²) < 4.78 is 0. The predicted molar refractivity (Wildman–Crippen MR) is 92.2 cm³/mol. The second-order valence-corrected chi connectivity index (χ2v) is 6.88. The van der Waals surface area contributed by atoms with Crippen LogP contribution in [0.4, 0.5) is 5.69 Å². The number of carbonyl (C=O) groups is 1. The van der Waals surface area contributed by atoms with Gasteiger partial charge in [-0.25, -0.2) is 0 Å². The van der Waals surface area contributed by atoms with Gasteiger partial charge in [0.1, 0.15) is 0 Å². The molecule has 4 nitrogen and oxygen atoms in total. The lowest BCUT2D eigenvalue weighted by Crippen LogP contribution is -2.30. The van der Waals surface area contributed by atoms with Gasteiger partial charge in [-0.15, -0.1) is 0 Å². The van der Waals surface area contributed by atoms with Crippen LogP contribution in [0.25, 0.3) is 0 Å². The van der Waals surface area contributed by atoms with Gasteiger partial charge < -0.3 is 16.4 Å². The van der Waals surface area contributed by atoms with Gasteiger partial charge in [-0.3, -0.25) is 4.79 Å². The number of anilines is 1. The van der Waals surface area contributed by atoms with E-state index < -0.39 is 0 Å². The van der Waals surface area contributed by atoms with Crippen LogP contribution in [0.5, 0.6) is 0 Å². The van der Waals surface area contributed by atoms with Gasteiger partial charge >= 0.3 is 0 Å². The second kappa shape index (κ2) is 7.63. The first-order valence-electron chi connectivity index (χ1n) is 8.36. The Labute approximate surface area is 133 Å². The molecule has 0 radical (unpaired) electrons. The summed E-state index contributed by atoms with van der Waals surface area (Å²) in [5.41, 5.74) is 8.81. The molecule has 1 aliphatic rings. The van der Waals surface area contributed by atoms with Crippen molar-refractivity contribution in [3.63, 3.8) is 0 Å². The third-order valence-electron chi connectivity index (χ3n) is 4.25. The fourth-order valence-corrected chi connectivity index (χ4v) is 3.02. The van der Waals surface area contributed by atoms with Crippen LogP contribution in [0.1, 0.15) is 55.5 Å². The Kier molecular flexibility index (Phi) is 5.83. The molecule has 0 spiro atoms. The van der Waals surface area contributed by atoms with E-state index in [1.807, 2.05) is 32.9 Å². The molecular formula is C18H29N3O. The molecule has 4 heteroatoms. The molecule has 1 aromatic rings. The molecule has 1 aromatic carbocycles. The Morgan fingerprint density at radius 1 is 1.23 bits per heavy atom. The van der Waals surface area contributed by atoms with Gasteiger partial charge in [-0.05, 0) is 76.1 Å². The number of aryl methyl sites for hydroxylation is 1. The van der Waals surface area contributed by atoms with Crippen molar-refractivity contribution in [2.45, 2.75) is 58.5 Å². The number of hydrogen-bond acceptors (Lipinski definition) is 3. The smallest absolute Gasteiger partial charge is 0.251 e.